The number of aromatic nitrogens is 3. The number of fused-ring (bicyclic) bond motifs is 1. The van der Waals surface area contributed by atoms with Crippen LogP contribution in [0.15, 0.2) is 33.2 Å². The molecule has 0 unspecified atom stereocenters. The number of hydrogen-bond acceptors (Lipinski definition) is 8. The third-order valence-electron chi connectivity index (χ3n) is 4.25. The first kappa shape index (κ1) is 17.9. The van der Waals surface area contributed by atoms with Crippen molar-refractivity contribution in [2.75, 3.05) is 17.7 Å². The van der Waals surface area contributed by atoms with E-state index in [1.165, 1.54) is 11.8 Å². The Hall–Kier alpha value is -2.52. The minimum absolute atomic E-state index is 0.0395. The Morgan fingerprint density at radius 3 is 3.00 bits per heavy atom. The van der Waals surface area contributed by atoms with Gasteiger partial charge in [-0.1, -0.05) is 11.8 Å². The van der Waals surface area contributed by atoms with Gasteiger partial charge in [-0.05, 0) is 30.7 Å². The number of Topliss-reactive ketones (excluding diaryl/α,β-unsaturated/α-hetero) is 1. The Labute approximate surface area is 163 Å². The zero-order chi connectivity index (χ0) is 19.0. The standard InChI is InChI=1S/C18H16N4O3S2/c1-10-19-13(8-26-10)7-16-20-21-18(25-16)27-9-15(23)11-3-4-14-12(5-11)6-17(24)22(14)2/h3-5,8H,6-7,9H2,1-2H3. The molecule has 3 aromatic rings. The van der Waals surface area contributed by atoms with E-state index in [0.29, 0.717) is 29.5 Å². The average molecular weight is 400 g/mol. The van der Waals surface area contributed by atoms with Crippen LogP contribution in [0.25, 0.3) is 0 Å². The lowest BCUT2D eigenvalue weighted by Crippen LogP contribution is -2.20. The number of amides is 1. The van der Waals surface area contributed by atoms with Crippen molar-refractivity contribution in [1.82, 2.24) is 15.2 Å². The van der Waals surface area contributed by atoms with E-state index in [1.807, 2.05) is 18.4 Å². The van der Waals surface area contributed by atoms with E-state index in [2.05, 4.69) is 15.2 Å². The molecule has 0 bridgehead atoms. The number of carbonyl (C=O) groups excluding carboxylic acids is 2. The van der Waals surface area contributed by atoms with Crippen molar-refractivity contribution in [3.63, 3.8) is 0 Å². The van der Waals surface area contributed by atoms with Gasteiger partial charge in [-0.25, -0.2) is 4.98 Å². The molecule has 1 aromatic carbocycles. The summed E-state index contributed by atoms with van der Waals surface area (Å²) in [5.41, 5.74) is 3.23. The molecule has 0 fully saturated rings. The van der Waals surface area contributed by atoms with E-state index < -0.39 is 0 Å². The molecule has 4 rings (SSSR count). The SMILES string of the molecule is Cc1nc(Cc2nnc(SCC(=O)c3ccc4c(c3)CC(=O)N4C)o2)cs1. The van der Waals surface area contributed by atoms with E-state index in [9.17, 15) is 9.59 Å². The molecule has 3 heterocycles. The Morgan fingerprint density at radius 2 is 2.22 bits per heavy atom. The van der Waals surface area contributed by atoms with E-state index in [0.717, 1.165) is 22.0 Å². The van der Waals surface area contributed by atoms with Gasteiger partial charge in [0.05, 0.1) is 29.3 Å². The zero-order valence-electron chi connectivity index (χ0n) is 14.8. The van der Waals surface area contributed by atoms with Gasteiger partial charge in [-0.3, -0.25) is 9.59 Å². The average Bonchev–Trinajstić information content (AvgIpc) is 3.34. The highest BCUT2D eigenvalue weighted by Crippen LogP contribution is 2.29. The Morgan fingerprint density at radius 1 is 1.37 bits per heavy atom. The Bertz CT molecular complexity index is 1030. The highest BCUT2D eigenvalue weighted by molar-refractivity contribution is 7.99. The maximum atomic E-state index is 12.5. The van der Waals surface area contributed by atoms with Crippen LogP contribution >= 0.6 is 23.1 Å². The van der Waals surface area contributed by atoms with Crippen molar-refractivity contribution in [1.29, 1.82) is 0 Å². The van der Waals surface area contributed by atoms with Gasteiger partial charge < -0.3 is 9.32 Å². The van der Waals surface area contributed by atoms with Crippen LogP contribution in [0.2, 0.25) is 0 Å². The fraction of sp³-hybridized carbons (Fsp3) is 0.278. The lowest BCUT2D eigenvalue weighted by Gasteiger charge is -2.10. The van der Waals surface area contributed by atoms with Gasteiger partial charge >= 0.3 is 0 Å². The van der Waals surface area contributed by atoms with E-state index in [-0.39, 0.29) is 17.4 Å². The van der Waals surface area contributed by atoms with E-state index >= 15 is 0 Å². The summed E-state index contributed by atoms with van der Waals surface area (Å²) in [7, 11) is 1.74. The summed E-state index contributed by atoms with van der Waals surface area (Å²) in [5.74, 6) is 0.673. The molecule has 27 heavy (non-hydrogen) atoms. The number of ketones is 1. The van der Waals surface area contributed by atoms with Crippen molar-refractivity contribution < 1.29 is 14.0 Å². The number of rotatable bonds is 6. The molecule has 138 valence electrons. The van der Waals surface area contributed by atoms with Gasteiger partial charge in [0.25, 0.3) is 5.22 Å². The minimum atomic E-state index is -0.0420. The first-order chi connectivity index (χ1) is 13.0. The number of thioether (sulfide) groups is 1. The van der Waals surface area contributed by atoms with Crippen molar-refractivity contribution in [2.24, 2.45) is 0 Å². The highest BCUT2D eigenvalue weighted by Gasteiger charge is 2.24. The number of benzene rings is 1. The van der Waals surface area contributed by atoms with Crippen LogP contribution in [0.5, 0.6) is 0 Å². The van der Waals surface area contributed by atoms with Gasteiger partial charge in [0.1, 0.15) is 0 Å². The van der Waals surface area contributed by atoms with Gasteiger partial charge in [0.15, 0.2) is 5.78 Å². The monoisotopic (exact) mass is 400 g/mol. The molecule has 1 aliphatic rings. The Kier molecular flexibility index (Phi) is 4.79. The predicted molar refractivity (Wildman–Crippen MR) is 103 cm³/mol. The molecule has 0 radical (unpaired) electrons. The van der Waals surface area contributed by atoms with Crippen LogP contribution in [0.4, 0.5) is 5.69 Å². The van der Waals surface area contributed by atoms with Gasteiger partial charge in [0.2, 0.25) is 11.8 Å². The molecule has 0 saturated carbocycles. The second kappa shape index (κ2) is 7.24. The van der Waals surface area contributed by atoms with Gasteiger partial charge in [-0.2, -0.15) is 0 Å². The number of likely N-dealkylation sites (N-methyl/N-ethyl adjacent to an activating group) is 1. The number of aryl methyl sites for hydroxylation is 1. The summed E-state index contributed by atoms with van der Waals surface area (Å²) in [4.78, 5) is 30.2. The summed E-state index contributed by atoms with van der Waals surface area (Å²) in [6.45, 7) is 1.95. The lowest BCUT2D eigenvalue weighted by molar-refractivity contribution is -0.117. The molecule has 2 aromatic heterocycles. The molecule has 7 nitrogen and oxygen atoms in total. The first-order valence-electron chi connectivity index (χ1n) is 8.28. The number of anilines is 1. The largest absolute Gasteiger partial charge is 0.416 e. The van der Waals surface area contributed by atoms with Gasteiger partial charge in [0, 0.05) is 23.7 Å². The maximum Gasteiger partial charge on any atom is 0.277 e. The molecule has 1 aliphatic heterocycles. The van der Waals surface area contributed by atoms with E-state index in [1.54, 1.807) is 35.4 Å². The van der Waals surface area contributed by atoms with Crippen LogP contribution in [0, 0.1) is 6.92 Å². The maximum absolute atomic E-state index is 12.5. The minimum Gasteiger partial charge on any atom is -0.416 e. The summed E-state index contributed by atoms with van der Waals surface area (Å²) >= 11 is 2.79. The molecule has 1 amide bonds. The predicted octanol–water partition coefficient (Wildman–Crippen LogP) is 2.92. The number of thiazole rings is 1. The van der Waals surface area contributed by atoms with Gasteiger partial charge in [-0.15, -0.1) is 21.5 Å². The third-order valence-corrected chi connectivity index (χ3v) is 5.89. The fourth-order valence-electron chi connectivity index (χ4n) is 2.87. The summed E-state index contributed by atoms with van der Waals surface area (Å²) < 4.78 is 5.59. The number of hydrogen-bond donors (Lipinski definition) is 0. The summed E-state index contributed by atoms with van der Waals surface area (Å²) in [5, 5.41) is 11.3. The molecule has 0 N–H and O–H groups in total. The van der Waals surface area contributed by atoms with Crippen LogP contribution in [0.1, 0.15) is 32.5 Å². The number of nitrogens with zero attached hydrogens (tertiary/aromatic N) is 4. The molecule has 9 heteroatoms. The van der Waals surface area contributed by atoms with Crippen molar-refractivity contribution in [2.45, 2.75) is 25.0 Å². The van der Waals surface area contributed by atoms with Crippen molar-refractivity contribution in [3.05, 3.63) is 51.3 Å². The first-order valence-corrected chi connectivity index (χ1v) is 10.1. The van der Waals surface area contributed by atoms with Crippen molar-refractivity contribution >= 4 is 40.5 Å². The second-order valence-corrected chi connectivity index (χ2v) is 8.17. The second-order valence-electron chi connectivity index (χ2n) is 6.18. The molecular weight excluding hydrogens is 384 g/mol. The normalized spacial score (nSPS) is 13.3. The van der Waals surface area contributed by atoms with Crippen LogP contribution in [-0.4, -0.2) is 39.7 Å². The Balaban J connectivity index is 1.37. The summed E-state index contributed by atoms with van der Waals surface area (Å²) in [6, 6.07) is 5.36. The van der Waals surface area contributed by atoms with Crippen LogP contribution < -0.4 is 4.90 Å². The van der Waals surface area contributed by atoms with Crippen LogP contribution in [0.3, 0.4) is 0 Å². The molecule has 0 saturated heterocycles. The molecule has 0 spiro atoms. The van der Waals surface area contributed by atoms with Crippen molar-refractivity contribution in [3.8, 4) is 0 Å². The molecule has 0 aliphatic carbocycles. The quantitative estimate of drug-likeness (QED) is 0.464. The fourth-order valence-corrected chi connectivity index (χ4v) is 4.15. The zero-order valence-corrected chi connectivity index (χ0v) is 16.4. The highest BCUT2D eigenvalue weighted by atomic mass is 32.2. The number of carbonyl (C=O) groups is 2. The smallest absolute Gasteiger partial charge is 0.277 e. The van der Waals surface area contributed by atoms with Crippen LogP contribution in [-0.2, 0) is 17.6 Å². The summed E-state index contributed by atoms with van der Waals surface area (Å²) in [6.07, 6.45) is 0.821. The van der Waals surface area contributed by atoms with E-state index in [4.69, 9.17) is 4.42 Å². The molecule has 0 atom stereocenters. The molecular formula is C18H16N4O3S2. The topological polar surface area (TPSA) is 89.2 Å². The lowest BCUT2D eigenvalue weighted by atomic mass is 10.1. The third kappa shape index (κ3) is 3.79.